The maximum absolute atomic E-state index is 12.4. The number of nitrogens with zero attached hydrogens (tertiary/aromatic N) is 2. The third-order valence-electron chi connectivity index (χ3n) is 4.15. The van der Waals surface area contributed by atoms with Gasteiger partial charge < -0.3 is 10.2 Å². The van der Waals surface area contributed by atoms with E-state index in [4.69, 9.17) is 11.6 Å². The summed E-state index contributed by atoms with van der Waals surface area (Å²) in [5.41, 5.74) is 2.69. The Bertz CT molecular complexity index is 904. The van der Waals surface area contributed by atoms with Crippen LogP contribution in [0.3, 0.4) is 0 Å². The summed E-state index contributed by atoms with van der Waals surface area (Å²) < 4.78 is 0. The fourth-order valence-electron chi connectivity index (χ4n) is 2.92. The topological polar surface area (TPSA) is 56.1 Å². The number of halogens is 1. The molecule has 0 aliphatic carbocycles. The van der Waals surface area contributed by atoms with Crippen LogP contribution in [0.1, 0.15) is 24.2 Å². The molecule has 0 unspecified atom stereocenters. The number of amides is 1. The van der Waals surface area contributed by atoms with Crippen molar-refractivity contribution in [3.05, 3.63) is 75.3 Å². The molecule has 2 aromatic carbocycles. The van der Waals surface area contributed by atoms with Crippen molar-refractivity contribution < 1.29 is 4.79 Å². The van der Waals surface area contributed by atoms with Crippen molar-refractivity contribution in [2.24, 2.45) is 0 Å². The molecule has 6 heteroatoms. The van der Waals surface area contributed by atoms with Crippen molar-refractivity contribution >= 4 is 35.8 Å². The Morgan fingerprint density at radius 3 is 2.60 bits per heavy atom. The molecule has 1 heterocycles. The Morgan fingerprint density at radius 1 is 1.24 bits per heavy atom. The first-order valence-corrected chi connectivity index (χ1v) is 8.66. The van der Waals surface area contributed by atoms with Crippen LogP contribution in [0.5, 0.6) is 0 Å². The van der Waals surface area contributed by atoms with E-state index in [1.807, 2.05) is 53.4 Å². The van der Waals surface area contributed by atoms with Crippen LogP contribution in [0.15, 0.2) is 59.1 Å². The molecule has 3 rings (SSSR count). The fraction of sp³-hybridized carbons (Fsp3) is 0.158. The third-order valence-corrected chi connectivity index (χ3v) is 4.93. The number of aryl methyl sites for hydroxylation is 1. The molecule has 0 saturated heterocycles. The number of hydrogen-bond donors (Lipinski definition) is 2. The maximum Gasteiger partial charge on any atom is 0.266 e. The molecule has 1 aliphatic heterocycles. The standard InChI is InChI=1S/C19H16ClN3OS/c1-2-12-7-3-6-10-16(12)23-17(13-8-4-5-9-15(13)20)22-18(24)14(11-21)19(23)25/h3-10,17,25H,2H2,1H3,(H,22,24)/t17-/m0/s1. The monoisotopic (exact) mass is 369 g/mol. The molecule has 1 N–H and O–H groups in total. The van der Waals surface area contributed by atoms with Gasteiger partial charge in [0.25, 0.3) is 5.91 Å². The van der Waals surface area contributed by atoms with Crippen molar-refractivity contribution in [2.45, 2.75) is 19.5 Å². The molecule has 1 amide bonds. The van der Waals surface area contributed by atoms with Crippen LogP contribution in [0.2, 0.25) is 5.02 Å². The quantitative estimate of drug-likeness (QED) is 0.797. The number of thiol groups is 1. The summed E-state index contributed by atoms with van der Waals surface area (Å²) in [5, 5.41) is 13.1. The van der Waals surface area contributed by atoms with Gasteiger partial charge in [0.2, 0.25) is 0 Å². The number of anilines is 1. The summed E-state index contributed by atoms with van der Waals surface area (Å²) >= 11 is 10.9. The lowest BCUT2D eigenvalue weighted by molar-refractivity contribution is -0.118. The van der Waals surface area contributed by atoms with Gasteiger partial charge in [0.1, 0.15) is 17.8 Å². The van der Waals surface area contributed by atoms with Crippen molar-refractivity contribution in [2.75, 3.05) is 4.90 Å². The molecule has 0 fully saturated rings. The van der Waals surface area contributed by atoms with E-state index in [2.05, 4.69) is 24.9 Å². The van der Waals surface area contributed by atoms with Crippen molar-refractivity contribution in [3.8, 4) is 6.07 Å². The lowest BCUT2D eigenvalue weighted by Gasteiger charge is -2.39. The van der Waals surface area contributed by atoms with Crippen LogP contribution >= 0.6 is 24.2 Å². The normalized spacial score (nSPS) is 17.3. The molecule has 25 heavy (non-hydrogen) atoms. The lowest BCUT2D eigenvalue weighted by Crippen LogP contribution is -2.46. The molecule has 0 spiro atoms. The smallest absolute Gasteiger partial charge is 0.266 e. The second-order valence-corrected chi connectivity index (χ2v) is 6.39. The highest BCUT2D eigenvalue weighted by molar-refractivity contribution is 7.84. The van der Waals surface area contributed by atoms with Gasteiger partial charge in [0.15, 0.2) is 0 Å². The lowest BCUT2D eigenvalue weighted by atomic mass is 10.0. The first-order chi connectivity index (χ1) is 12.1. The number of nitrogens with one attached hydrogen (secondary N) is 1. The third kappa shape index (κ3) is 3.11. The Morgan fingerprint density at radius 2 is 1.92 bits per heavy atom. The first kappa shape index (κ1) is 17.4. The summed E-state index contributed by atoms with van der Waals surface area (Å²) in [5.74, 6) is -0.456. The van der Waals surface area contributed by atoms with Gasteiger partial charge in [-0.05, 0) is 24.1 Å². The zero-order chi connectivity index (χ0) is 18.0. The van der Waals surface area contributed by atoms with E-state index in [9.17, 15) is 10.1 Å². The van der Waals surface area contributed by atoms with Gasteiger partial charge in [-0.1, -0.05) is 54.9 Å². The molecule has 0 aromatic heterocycles. The van der Waals surface area contributed by atoms with Crippen LogP contribution in [0.25, 0.3) is 0 Å². The molecule has 1 aliphatic rings. The van der Waals surface area contributed by atoms with Gasteiger partial charge in [0.05, 0.1) is 5.03 Å². The van der Waals surface area contributed by atoms with Gasteiger partial charge in [0, 0.05) is 16.3 Å². The molecule has 4 nitrogen and oxygen atoms in total. The average molecular weight is 370 g/mol. The van der Waals surface area contributed by atoms with Crippen molar-refractivity contribution in [1.82, 2.24) is 5.32 Å². The van der Waals surface area contributed by atoms with Crippen LogP contribution in [0, 0.1) is 11.3 Å². The van der Waals surface area contributed by atoms with Crippen molar-refractivity contribution in [3.63, 3.8) is 0 Å². The SMILES string of the molecule is CCc1ccccc1N1C(S)=C(C#N)C(=O)N[C@@H]1c1ccccc1Cl. The van der Waals surface area contributed by atoms with Gasteiger partial charge in [-0.2, -0.15) is 5.26 Å². The number of nitriles is 1. The number of benzene rings is 2. The molecule has 0 radical (unpaired) electrons. The molecular weight excluding hydrogens is 354 g/mol. The average Bonchev–Trinajstić information content (AvgIpc) is 2.62. The molecule has 126 valence electrons. The van der Waals surface area contributed by atoms with Crippen LogP contribution < -0.4 is 10.2 Å². The van der Waals surface area contributed by atoms with E-state index in [-0.39, 0.29) is 5.57 Å². The second-order valence-electron chi connectivity index (χ2n) is 5.56. The number of rotatable bonds is 3. The van der Waals surface area contributed by atoms with Crippen LogP contribution in [-0.4, -0.2) is 5.91 Å². The van der Waals surface area contributed by atoms with Gasteiger partial charge in [-0.15, -0.1) is 12.6 Å². The Labute approximate surface area is 157 Å². The van der Waals surface area contributed by atoms with E-state index in [1.165, 1.54) is 0 Å². The molecule has 0 bridgehead atoms. The molecule has 1 atom stereocenters. The number of hydrogen-bond acceptors (Lipinski definition) is 4. The number of carbonyl (C=O) groups is 1. The zero-order valence-corrected chi connectivity index (χ0v) is 15.2. The Balaban J connectivity index is 2.24. The van der Waals surface area contributed by atoms with E-state index < -0.39 is 12.1 Å². The predicted octanol–water partition coefficient (Wildman–Crippen LogP) is 4.20. The van der Waals surface area contributed by atoms with E-state index in [0.717, 1.165) is 23.2 Å². The van der Waals surface area contributed by atoms with Gasteiger partial charge in [-0.25, -0.2) is 0 Å². The van der Waals surface area contributed by atoms with Gasteiger partial charge in [-0.3, -0.25) is 4.79 Å². The molecule has 2 aromatic rings. The van der Waals surface area contributed by atoms with Crippen LogP contribution in [-0.2, 0) is 11.2 Å². The fourth-order valence-corrected chi connectivity index (χ4v) is 3.53. The summed E-state index contributed by atoms with van der Waals surface area (Å²) in [6.07, 6.45) is 0.261. The second kappa shape index (κ2) is 7.22. The van der Waals surface area contributed by atoms with Gasteiger partial charge >= 0.3 is 0 Å². The first-order valence-electron chi connectivity index (χ1n) is 7.84. The molecular formula is C19H16ClN3OS. The summed E-state index contributed by atoms with van der Waals surface area (Å²) in [7, 11) is 0. The highest BCUT2D eigenvalue weighted by atomic mass is 35.5. The van der Waals surface area contributed by atoms with Crippen LogP contribution in [0.4, 0.5) is 5.69 Å². The Hall–Kier alpha value is -2.42. The van der Waals surface area contributed by atoms with E-state index in [0.29, 0.717) is 10.1 Å². The summed E-state index contributed by atoms with van der Waals surface area (Å²) in [6, 6.07) is 17.1. The summed E-state index contributed by atoms with van der Waals surface area (Å²) in [6.45, 7) is 2.05. The molecule has 0 saturated carbocycles. The maximum atomic E-state index is 12.4. The summed E-state index contributed by atoms with van der Waals surface area (Å²) in [4.78, 5) is 14.2. The number of carbonyl (C=O) groups excluding carboxylic acids is 1. The van der Waals surface area contributed by atoms with E-state index >= 15 is 0 Å². The van der Waals surface area contributed by atoms with Crippen molar-refractivity contribution in [1.29, 1.82) is 5.26 Å². The minimum Gasteiger partial charge on any atom is -0.327 e. The number of para-hydroxylation sites is 1. The highest BCUT2D eigenvalue weighted by Crippen LogP contribution is 2.39. The zero-order valence-electron chi connectivity index (χ0n) is 13.5. The minimum atomic E-state index is -0.543. The minimum absolute atomic E-state index is 0.0162. The predicted molar refractivity (Wildman–Crippen MR) is 102 cm³/mol. The largest absolute Gasteiger partial charge is 0.327 e. The highest BCUT2D eigenvalue weighted by Gasteiger charge is 2.35. The Kier molecular flexibility index (Phi) is 5.03. The van der Waals surface area contributed by atoms with E-state index in [1.54, 1.807) is 6.07 Å².